The van der Waals surface area contributed by atoms with E-state index >= 15 is 0 Å². The number of rotatable bonds is 1. The summed E-state index contributed by atoms with van der Waals surface area (Å²) in [6.45, 7) is 0.568. The van der Waals surface area contributed by atoms with Crippen LogP contribution in [0.2, 0.25) is 0 Å². The Morgan fingerprint density at radius 2 is 2.30 bits per heavy atom. The minimum atomic E-state index is -0.176. The molecule has 0 fully saturated rings. The number of hydrogen-bond acceptors (Lipinski definition) is 6. The maximum atomic E-state index is 12.4. The predicted octanol–water partition coefficient (Wildman–Crippen LogP) is 1.78. The Hall–Kier alpha value is -3.03. The van der Waals surface area contributed by atoms with Gasteiger partial charge in [-0.25, -0.2) is 4.98 Å². The van der Waals surface area contributed by atoms with Crippen molar-refractivity contribution in [2.75, 3.05) is 24.2 Å². The Labute approximate surface area is 131 Å². The molecule has 23 heavy (non-hydrogen) atoms. The first-order chi connectivity index (χ1) is 11.2. The van der Waals surface area contributed by atoms with Gasteiger partial charge >= 0.3 is 0 Å². The van der Waals surface area contributed by atoms with E-state index in [-0.39, 0.29) is 5.91 Å². The van der Waals surface area contributed by atoms with Gasteiger partial charge in [0.05, 0.1) is 11.9 Å². The average molecular weight is 312 g/mol. The molecule has 0 aliphatic carbocycles. The normalized spacial score (nSPS) is 14.6. The standard InChI is InChI=1S/C15H16N6O2/c1-16-13-6-12-19-9-5-10(23-8-9)3-2-4-17-15(22)11-7-18-21(13)14(11)20-12/h5-8,16H,2-4H2,1H3,(H,17,22)(H,19,20). The van der Waals surface area contributed by atoms with Crippen molar-refractivity contribution in [1.29, 1.82) is 0 Å². The van der Waals surface area contributed by atoms with E-state index in [9.17, 15) is 4.79 Å². The van der Waals surface area contributed by atoms with E-state index in [1.165, 1.54) is 6.20 Å². The van der Waals surface area contributed by atoms with Gasteiger partial charge in [-0.2, -0.15) is 9.61 Å². The predicted molar refractivity (Wildman–Crippen MR) is 85.2 cm³/mol. The molecule has 0 saturated carbocycles. The number of anilines is 3. The van der Waals surface area contributed by atoms with Crippen LogP contribution >= 0.6 is 0 Å². The summed E-state index contributed by atoms with van der Waals surface area (Å²) < 4.78 is 7.13. The maximum Gasteiger partial charge on any atom is 0.256 e. The van der Waals surface area contributed by atoms with Crippen LogP contribution < -0.4 is 16.0 Å². The van der Waals surface area contributed by atoms with Gasteiger partial charge in [0.25, 0.3) is 5.91 Å². The van der Waals surface area contributed by atoms with Crippen LogP contribution in [0.5, 0.6) is 0 Å². The van der Waals surface area contributed by atoms with Gasteiger partial charge in [0, 0.05) is 32.1 Å². The van der Waals surface area contributed by atoms with Gasteiger partial charge in [-0.15, -0.1) is 0 Å². The highest BCUT2D eigenvalue weighted by Crippen LogP contribution is 2.24. The van der Waals surface area contributed by atoms with Crippen molar-refractivity contribution >= 4 is 28.9 Å². The quantitative estimate of drug-likeness (QED) is 0.634. The Balaban J connectivity index is 1.88. The van der Waals surface area contributed by atoms with Gasteiger partial charge in [-0.1, -0.05) is 0 Å². The fourth-order valence-corrected chi connectivity index (χ4v) is 2.65. The molecule has 1 amide bonds. The van der Waals surface area contributed by atoms with E-state index in [2.05, 4.69) is 26.0 Å². The van der Waals surface area contributed by atoms with E-state index in [4.69, 9.17) is 4.42 Å². The lowest BCUT2D eigenvalue weighted by Gasteiger charge is -2.09. The lowest BCUT2D eigenvalue weighted by atomic mass is 10.2. The fourth-order valence-electron chi connectivity index (χ4n) is 2.65. The van der Waals surface area contributed by atoms with Gasteiger partial charge < -0.3 is 20.4 Å². The van der Waals surface area contributed by atoms with Gasteiger partial charge in [0.1, 0.15) is 29.2 Å². The van der Waals surface area contributed by atoms with Crippen molar-refractivity contribution in [3.63, 3.8) is 0 Å². The molecule has 1 aliphatic rings. The zero-order chi connectivity index (χ0) is 15.8. The van der Waals surface area contributed by atoms with Gasteiger partial charge in [-0.3, -0.25) is 4.79 Å². The van der Waals surface area contributed by atoms with E-state index < -0.39 is 0 Å². The minimum Gasteiger partial charge on any atom is -0.467 e. The van der Waals surface area contributed by atoms with E-state index in [1.807, 2.05) is 12.1 Å². The Bertz CT molecular complexity index is 881. The van der Waals surface area contributed by atoms with Crippen LogP contribution in [0.25, 0.3) is 5.65 Å². The molecular weight excluding hydrogens is 296 g/mol. The van der Waals surface area contributed by atoms with Crippen molar-refractivity contribution in [2.24, 2.45) is 0 Å². The van der Waals surface area contributed by atoms with Crippen molar-refractivity contribution in [3.05, 3.63) is 35.9 Å². The molecule has 3 aromatic heterocycles. The average Bonchev–Trinajstić information content (AvgIpc) is 3.17. The number of nitrogens with one attached hydrogen (secondary N) is 3. The number of fused-ring (bicyclic) bond motifs is 3. The largest absolute Gasteiger partial charge is 0.467 e. The van der Waals surface area contributed by atoms with Crippen molar-refractivity contribution in [3.8, 4) is 0 Å². The number of carbonyl (C=O) groups is 1. The van der Waals surface area contributed by atoms with Crippen LogP contribution in [0.1, 0.15) is 22.5 Å². The number of furan rings is 1. The van der Waals surface area contributed by atoms with Crippen LogP contribution in [-0.4, -0.2) is 34.1 Å². The third kappa shape index (κ3) is 2.37. The molecule has 118 valence electrons. The highest BCUT2D eigenvalue weighted by atomic mass is 16.3. The Kier molecular flexibility index (Phi) is 3.14. The third-order valence-electron chi connectivity index (χ3n) is 3.78. The summed E-state index contributed by atoms with van der Waals surface area (Å²) in [6, 6.07) is 3.77. The molecular formula is C15H16N6O2. The summed E-state index contributed by atoms with van der Waals surface area (Å²) in [6.07, 6.45) is 4.77. The highest BCUT2D eigenvalue weighted by molar-refractivity contribution is 6.00. The second-order valence-electron chi connectivity index (χ2n) is 5.36. The zero-order valence-electron chi connectivity index (χ0n) is 12.6. The van der Waals surface area contributed by atoms with Crippen LogP contribution in [0.15, 0.2) is 29.0 Å². The monoisotopic (exact) mass is 312 g/mol. The molecule has 3 aromatic rings. The molecule has 8 heteroatoms. The van der Waals surface area contributed by atoms with Crippen molar-refractivity contribution in [2.45, 2.75) is 12.8 Å². The summed E-state index contributed by atoms with van der Waals surface area (Å²) in [5, 5.41) is 13.4. The van der Waals surface area contributed by atoms with E-state index in [1.54, 1.807) is 17.8 Å². The third-order valence-corrected chi connectivity index (χ3v) is 3.78. The Morgan fingerprint density at radius 3 is 3.17 bits per heavy atom. The Morgan fingerprint density at radius 1 is 1.39 bits per heavy atom. The number of amides is 1. The van der Waals surface area contributed by atoms with E-state index in [0.717, 1.165) is 30.1 Å². The summed E-state index contributed by atoms with van der Waals surface area (Å²) in [5.74, 6) is 2.04. The molecule has 8 nitrogen and oxygen atoms in total. The number of nitrogens with zero attached hydrogens (tertiary/aromatic N) is 3. The van der Waals surface area contributed by atoms with Gasteiger partial charge in [0.2, 0.25) is 0 Å². The van der Waals surface area contributed by atoms with Crippen LogP contribution in [-0.2, 0) is 6.42 Å². The van der Waals surface area contributed by atoms with Gasteiger partial charge in [-0.05, 0) is 6.42 Å². The van der Waals surface area contributed by atoms with E-state index in [0.29, 0.717) is 23.6 Å². The lowest BCUT2D eigenvalue weighted by molar-refractivity contribution is 0.0954. The number of aryl methyl sites for hydroxylation is 1. The van der Waals surface area contributed by atoms with Crippen LogP contribution in [0, 0.1) is 0 Å². The van der Waals surface area contributed by atoms with Crippen LogP contribution in [0.4, 0.5) is 17.3 Å². The zero-order valence-corrected chi connectivity index (χ0v) is 12.6. The number of hydrogen-bond donors (Lipinski definition) is 3. The smallest absolute Gasteiger partial charge is 0.256 e. The molecule has 3 N–H and O–H groups in total. The summed E-state index contributed by atoms with van der Waals surface area (Å²) in [4.78, 5) is 16.9. The summed E-state index contributed by atoms with van der Waals surface area (Å²) >= 11 is 0. The first-order valence-electron chi connectivity index (χ1n) is 7.44. The maximum absolute atomic E-state index is 12.4. The summed E-state index contributed by atoms with van der Waals surface area (Å²) in [5.41, 5.74) is 1.79. The minimum absolute atomic E-state index is 0.176. The highest BCUT2D eigenvalue weighted by Gasteiger charge is 2.17. The molecule has 4 bridgehead atoms. The number of aromatic nitrogens is 3. The van der Waals surface area contributed by atoms with Gasteiger partial charge in [0.15, 0.2) is 5.65 Å². The molecule has 0 unspecified atom stereocenters. The molecule has 0 radical (unpaired) electrons. The molecule has 0 atom stereocenters. The molecule has 1 aliphatic heterocycles. The number of carbonyl (C=O) groups excluding carboxylic acids is 1. The van der Waals surface area contributed by atoms with Crippen LogP contribution in [0.3, 0.4) is 0 Å². The molecule has 0 saturated heterocycles. The first kappa shape index (κ1) is 13.6. The molecule has 4 heterocycles. The first-order valence-corrected chi connectivity index (χ1v) is 7.44. The SMILES string of the molecule is CNc1cc2nc3c(cnn13)C(=O)NCCCc1cc(co1)N2. The topological polar surface area (TPSA) is 96.5 Å². The second-order valence-corrected chi connectivity index (χ2v) is 5.36. The molecule has 0 aromatic carbocycles. The van der Waals surface area contributed by atoms with Crippen molar-refractivity contribution in [1.82, 2.24) is 19.9 Å². The second kappa shape index (κ2) is 5.31. The summed E-state index contributed by atoms with van der Waals surface area (Å²) in [7, 11) is 1.80. The molecule has 0 spiro atoms. The molecule has 4 rings (SSSR count). The fraction of sp³-hybridized carbons (Fsp3) is 0.267. The lowest BCUT2D eigenvalue weighted by Crippen LogP contribution is -2.24. The van der Waals surface area contributed by atoms with Crippen molar-refractivity contribution < 1.29 is 9.21 Å².